The van der Waals surface area contributed by atoms with Crippen molar-refractivity contribution in [2.45, 2.75) is 6.18 Å². The molecule has 2 N–H and O–H groups in total. The second kappa shape index (κ2) is 6.87. The van der Waals surface area contributed by atoms with Crippen molar-refractivity contribution in [2.24, 2.45) is 0 Å². The van der Waals surface area contributed by atoms with Gasteiger partial charge in [-0.2, -0.15) is 23.1 Å². The van der Waals surface area contributed by atoms with Gasteiger partial charge in [0.1, 0.15) is 11.5 Å². The van der Waals surface area contributed by atoms with Gasteiger partial charge in [0.15, 0.2) is 0 Å². The first kappa shape index (κ1) is 17.7. The van der Waals surface area contributed by atoms with Gasteiger partial charge in [0.2, 0.25) is 0 Å². The fourth-order valence-electron chi connectivity index (χ4n) is 1.74. The van der Waals surface area contributed by atoms with E-state index in [1.54, 1.807) is 0 Å². The molecule has 1 heterocycles. The molecule has 0 aliphatic heterocycles. The summed E-state index contributed by atoms with van der Waals surface area (Å²) in [5.74, 6) is 0.587. The zero-order chi connectivity index (χ0) is 17.9. The molecule has 1 aromatic carbocycles. The quantitative estimate of drug-likeness (QED) is 0.872. The standard InChI is InChI=1S/C13H12ClF3N4O3/c1-23-10-4-11(24-2)9(3-8(10)14)19-12(22)20-21-6-7(5-18-21)13(15,16)17/h3-6H,1-2H3,(H2,19,20,22). The molecule has 0 bridgehead atoms. The summed E-state index contributed by atoms with van der Waals surface area (Å²) in [4.78, 5) is 12.5. The van der Waals surface area contributed by atoms with Crippen LogP contribution >= 0.6 is 11.6 Å². The van der Waals surface area contributed by atoms with Gasteiger partial charge < -0.3 is 14.8 Å². The molecular formula is C13H12ClF3N4O3. The molecule has 0 spiro atoms. The van der Waals surface area contributed by atoms with Crippen molar-refractivity contribution in [3.05, 3.63) is 35.1 Å². The van der Waals surface area contributed by atoms with E-state index in [4.69, 9.17) is 21.1 Å². The van der Waals surface area contributed by atoms with Crippen LogP contribution in [0.4, 0.5) is 23.7 Å². The molecule has 0 aliphatic carbocycles. The van der Waals surface area contributed by atoms with E-state index in [1.807, 2.05) is 0 Å². The number of nitrogens with one attached hydrogen (secondary N) is 2. The van der Waals surface area contributed by atoms with E-state index >= 15 is 0 Å². The number of benzene rings is 1. The van der Waals surface area contributed by atoms with Crippen LogP contribution in [0.3, 0.4) is 0 Å². The number of hydrogen-bond acceptors (Lipinski definition) is 4. The van der Waals surface area contributed by atoms with Crippen LogP contribution < -0.4 is 20.2 Å². The molecule has 0 aliphatic rings. The molecule has 0 fully saturated rings. The van der Waals surface area contributed by atoms with Crippen LogP contribution in [0.15, 0.2) is 24.5 Å². The van der Waals surface area contributed by atoms with Crippen molar-refractivity contribution in [1.82, 2.24) is 9.89 Å². The second-order valence-electron chi connectivity index (χ2n) is 4.42. The first-order valence-corrected chi connectivity index (χ1v) is 6.73. The smallest absolute Gasteiger partial charge is 0.419 e. The van der Waals surface area contributed by atoms with Crippen molar-refractivity contribution >= 4 is 23.3 Å². The SMILES string of the molecule is COc1cc(OC)c(NC(=O)Nn2cc(C(F)(F)F)cn2)cc1Cl. The van der Waals surface area contributed by atoms with Crippen molar-refractivity contribution in [3.8, 4) is 11.5 Å². The van der Waals surface area contributed by atoms with E-state index in [1.165, 1.54) is 26.4 Å². The predicted molar refractivity (Wildman–Crippen MR) is 80.2 cm³/mol. The highest BCUT2D eigenvalue weighted by atomic mass is 35.5. The van der Waals surface area contributed by atoms with Gasteiger partial charge in [-0.25, -0.2) is 10.2 Å². The zero-order valence-electron chi connectivity index (χ0n) is 12.4. The van der Waals surface area contributed by atoms with Crippen molar-refractivity contribution < 1.29 is 27.4 Å². The number of carbonyl (C=O) groups excluding carboxylic acids is 1. The topological polar surface area (TPSA) is 77.4 Å². The minimum Gasteiger partial charge on any atom is -0.495 e. The van der Waals surface area contributed by atoms with Gasteiger partial charge >= 0.3 is 12.2 Å². The molecular weight excluding hydrogens is 353 g/mol. The Morgan fingerprint density at radius 2 is 1.92 bits per heavy atom. The highest BCUT2D eigenvalue weighted by Gasteiger charge is 2.32. The van der Waals surface area contributed by atoms with E-state index in [0.717, 1.165) is 0 Å². The van der Waals surface area contributed by atoms with Gasteiger partial charge in [0, 0.05) is 6.07 Å². The van der Waals surface area contributed by atoms with E-state index in [2.05, 4.69) is 15.8 Å². The number of carbonyl (C=O) groups is 1. The zero-order valence-corrected chi connectivity index (χ0v) is 13.2. The number of rotatable bonds is 4. The number of methoxy groups -OCH3 is 2. The lowest BCUT2D eigenvalue weighted by Gasteiger charge is -2.13. The Morgan fingerprint density at radius 1 is 1.25 bits per heavy atom. The summed E-state index contributed by atoms with van der Waals surface area (Å²) in [5.41, 5.74) is 1.31. The highest BCUT2D eigenvalue weighted by molar-refractivity contribution is 6.32. The minimum absolute atomic E-state index is 0.198. The van der Waals surface area contributed by atoms with Crippen LogP contribution in [-0.4, -0.2) is 30.1 Å². The van der Waals surface area contributed by atoms with Gasteiger partial charge in [-0.1, -0.05) is 11.6 Å². The summed E-state index contributed by atoms with van der Waals surface area (Å²) in [5, 5.41) is 6.01. The summed E-state index contributed by atoms with van der Waals surface area (Å²) in [6.45, 7) is 0. The van der Waals surface area contributed by atoms with Crippen molar-refractivity contribution in [2.75, 3.05) is 25.0 Å². The molecule has 24 heavy (non-hydrogen) atoms. The summed E-state index contributed by atoms with van der Waals surface area (Å²) < 4.78 is 47.5. The maximum absolute atomic E-state index is 12.5. The third-order valence-electron chi connectivity index (χ3n) is 2.85. The summed E-state index contributed by atoms with van der Waals surface area (Å²) >= 11 is 5.96. The molecule has 130 valence electrons. The average Bonchev–Trinajstić information content (AvgIpc) is 2.96. The van der Waals surface area contributed by atoms with Crippen LogP contribution in [-0.2, 0) is 6.18 Å². The Bertz CT molecular complexity index is 749. The molecule has 7 nitrogen and oxygen atoms in total. The van der Waals surface area contributed by atoms with Gasteiger partial charge in [-0.15, -0.1) is 0 Å². The van der Waals surface area contributed by atoms with E-state index in [0.29, 0.717) is 22.9 Å². The fourth-order valence-corrected chi connectivity index (χ4v) is 1.98. The van der Waals surface area contributed by atoms with E-state index < -0.39 is 17.8 Å². The normalized spacial score (nSPS) is 11.1. The largest absolute Gasteiger partial charge is 0.495 e. The van der Waals surface area contributed by atoms with E-state index in [9.17, 15) is 18.0 Å². The number of alkyl halides is 3. The Kier molecular flexibility index (Phi) is 5.07. The number of amides is 2. The molecule has 2 aromatic rings. The van der Waals surface area contributed by atoms with Gasteiger partial charge in [-0.05, 0) is 6.07 Å². The third kappa shape index (κ3) is 4.02. The summed E-state index contributed by atoms with van der Waals surface area (Å²) in [6.07, 6.45) is -3.33. The van der Waals surface area contributed by atoms with Gasteiger partial charge in [-0.3, -0.25) is 0 Å². The molecule has 0 saturated carbocycles. The van der Waals surface area contributed by atoms with Crippen LogP contribution in [0.25, 0.3) is 0 Å². The molecule has 0 atom stereocenters. The maximum Gasteiger partial charge on any atom is 0.419 e. The summed E-state index contributed by atoms with van der Waals surface area (Å²) in [6, 6.07) is 1.99. The minimum atomic E-state index is -4.55. The van der Waals surface area contributed by atoms with Gasteiger partial charge in [0.05, 0.1) is 42.9 Å². The monoisotopic (exact) mass is 364 g/mol. The first-order valence-electron chi connectivity index (χ1n) is 6.36. The molecule has 0 saturated heterocycles. The van der Waals surface area contributed by atoms with Crippen molar-refractivity contribution in [1.29, 1.82) is 0 Å². The number of aromatic nitrogens is 2. The van der Waals surface area contributed by atoms with Crippen LogP contribution in [0.5, 0.6) is 11.5 Å². The first-order chi connectivity index (χ1) is 11.2. The second-order valence-corrected chi connectivity index (χ2v) is 4.83. The molecule has 0 unspecified atom stereocenters. The third-order valence-corrected chi connectivity index (χ3v) is 3.14. The van der Waals surface area contributed by atoms with E-state index in [-0.39, 0.29) is 16.5 Å². The van der Waals surface area contributed by atoms with Crippen LogP contribution in [0.2, 0.25) is 5.02 Å². The number of nitrogens with zero attached hydrogens (tertiary/aromatic N) is 2. The number of halogens is 4. The molecule has 2 amide bonds. The number of hydrogen-bond donors (Lipinski definition) is 2. The lowest BCUT2D eigenvalue weighted by atomic mass is 10.2. The maximum atomic E-state index is 12.5. The molecule has 2 rings (SSSR count). The molecule has 0 radical (unpaired) electrons. The van der Waals surface area contributed by atoms with Crippen LogP contribution in [0.1, 0.15) is 5.56 Å². The number of anilines is 1. The Labute approximate surface area is 139 Å². The van der Waals surface area contributed by atoms with Crippen molar-refractivity contribution in [3.63, 3.8) is 0 Å². The highest BCUT2D eigenvalue weighted by Crippen LogP contribution is 2.35. The molecule has 1 aromatic heterocycles. The van der Waals surface area contributed by atoms with Gasteiger partial charge in [0.25, 0.3) is 0 Å². The number of ether oxygens (including phenoxy) is 2. The number of urea groups is 1. The molecule has 11 heteroatoms. The Balaban J connectivity index is 2.12. The Hall–Kier alpha value is -2.62. The average molecular weight is 365 g/mol. The Morgan fingerprint density at radius 3 is 2.46 bits per heavy atom. The lowest BCUT2D eigenvalue weighted by Crippen LogP contribution is -2.28. The van der Waals surface area contributed by atoms with Crippen LogP contribution in [0, 0.1) is 0 Å². The fraction of sp³-hybridized carbons (Fsp3) is 0.231. The predicted octanol–water partition coefficient (Wildman–Crippen LogP) is 3.35. The summed E-state index contributed by atoms with van der Waals surface area (Å²) in [7, 11) is 2.78. The lowest BCUT2D eigenvalue weighted by molar-refractivity contribution is -0.137.